The highest BCUT2D eigenvalue weighted by Crippen LogP contribution is 2.25. The van der Waals surface area contributed by atoms with Crippen LogP contribution in [0.5, 0.6) is 0 Å². The molecule has 0 heteroatoms. The van der Waals surface area contributed by atoms with Gasteiger partial charge in [-0.15, -0.1) is 0 Å². The van der Waals surface area contributed by atoms with Gasteiger partial charge in [-0.25, -0.2) is 0 Å². The first-order valence-corrected chi connectivity index (χ1v) is 5.46. The predicted molar refractivity (Wildman–Crippen MR) is 62.2 cm³/mol. The van der Waals surface area contributed by atoms with Crippen molar-refractivity contribution in [3.63, 3.8) is 0 Å². The van der Waals surface area contributed by atoms with E-state index in [1.165, 1.54) is 24.8 Å². The lowest BCUT2D eigenvalue weighted by molar-refractivity contribution is 0.590. The zero-order valence-electron chi connectivity index (χ0n) is 8.95. The van der Waals surface area contributed by atoms with Crippen molar-refractivity contribution in [1.82, 2.24) is 0 Å². The lowest BCUT2D eigenvalue weighted by Crippen LogP contribution is -1.97. The van der Waals surface area contributed by atoms with Crippen molar-refractivity contribution in [2.45, 2.75) is 38.5 Å². The average Bonchev–Trinajstić information content (AvgIpc) is 2.25. The Morgan fingerprint density at radius 2 is 2.00 bits per heavy atom. The highest BCUT2D eigenvalue weighted by molar-refractivity contribution is 5.19. The van der Waals surface area contributed by atoms with Crippen LogP contribution in [0, 0.1) is 6.58 Å². The second-order valence-corrected chi connectivity index (χ2v) is 3.72. The summed E-state index contributed by atoms with van der Waals surface area (Å²) >= 11 is 0. The third-order valence-electron chi connectivity index (χ3n) is 2.60. The molecule has 1 aromatic carbocycles. The summed E-state index contributed by atoms with van der Waals surface area (Å²) in [4.78, 5) is 0. The number of allylic oxidation sites excluding steroid dienone is 1. The molecule has 0 spiro atoms. The molecule has 1 atom stereocenters. The summed E-state index contributed by atoms with van der Waals surface area (Å²) in [5, 5.41) is 0. The van der Waals surface area contributed by atoms with Crippen molar-refractivity contribution in [3.8, 4) is 0 Å². The molecule has 1 rings (SSSR count). The lowest BCUT2D eigenvalue weighted by Gasteiger charge is -2.14. The van der Waals surface area contributed by atoms with E-state index in [0.29, 0.717) is 5.92 Å². The van der Waals surface area contributed by atoms with E-state index in [0.717, 1.165) is 6.42 Å². The Morgan fingerprint density at radius 3 is 2.57 bits per heavy atom. The molecule has 0 aliphatic heterocycles. The van der Waals surface area contributed by atoms with Crippen LogP contribution >= 0.6 is 0 Å². The molecule has 1 unspecified atom stereocenters. The van der Waals surface area contributed by atoms with Gasteiger partial charge in [0.2, 0.25) is 0 Å². The maximum atomic E-state index is 5.51. The van der Waals surface area contributed by atoms with Crippen molar-refractivity contribution in [2.24, 2.45) is 0 Å². The van der Waals surface area contributed by atoms with Crippen molar-refractivity contribution < 1.29 is 0 Å². The van der Waals surface area contributed by atoms with Crippen LogP contribution in [0.15, 0.2) is 36.4 Å². The van der Waals surface area contributed by atoms with Gasteiger partial charge in [-0.3, -0.25) is 0 Å². The van der Waals surface area contributed by atoms with Crippen LogP contribution in [0.2, 0.25) is 0 Å². The topological polar surface area (TPSA) is 0 Å². The number of unbranched alkanes of at least 4 members (excludes halogenated alkanes) is 1. The van der Waals surface area contributed by atoms with E-state index in [2.05, 4.69) is 37.3 Å². The fourth-order valence-electron chi connectivity index (χ4n) is 1.76. The quantitative estimate of drug-likeness (QED) is 0.621. The van der Waals surface area contributed by atoms with Crippen molar-refractivity contribution in [2.75, 3.05) is 0 Å². The maximum absolute atomic E-state index is 5.51. The molecule has 0 aromatic heterocycles. The maximum Gasteiger partial charge on any atom is -0.0127 e. The molecule has 0 amide bonds. The van der Waals surface area contributed by atoms with Crippen LogP contribution in [0.25, 0.3) is 0 Å². The van der Waals surface area contributed by atoms with E-state index in [1.54, 1.807) is 6.08 Å². The predicted octanol–water partition coefficient (Wildman–Crippen LogP) is 4.34. The minimum atomic E-state index is 0.612. The number of hydrogen-bond acceptors (Lipinski definition) is 0. The molecule has 0 nitrogen and oxygen atoms in total. The average molecular weight is 187 g/mol. The number of benzene rings is 1. The summed E-state index contributed by atoms with van der Waals surface area (Å²) in [6, 6.07) is 10.7. The molecule has 0 fully saturated rings. The fraction of sp³-hybridized carbons (Fsp3) is 0.429. The Hall–Kier alpha value is -1.04. The monoisotopic (exact) mass is 187 g/mol. The van der Waals surface area contributed by atoms with Gasteiger partial charge in [0, 0.05) is 0 Å². The minimum absolute atomic E-state index is 0.612. The van der Waals surface area contributed by atoms with Gasteiger partial charge in [0.25, 0.3) is 0 Å². The summed E-state index contributed by atoms with van der Waals surface area (Å²) in [5.41, 5.74) is 1.42. The van der Waals surface area contributed by atoms with Gasteiger partial charge in [-0.2, -0.15) is 0 Å². The SMILES string of the molecule is [CH]=CCC(CCCC)c1ccccc1. The highest BCUT2D eigenvalue weighted by atomic mass is 14.1. The molecular formula is C14H19. The van der Waals surface area contributed by atoms with Gasteiger partial charge >= 0.3 is 0 Å². The number of hydrogen-bond donors (Lipinski definition) is 0. The molecule has 0 saturated carbocycles. The van der Waals surface area contributed by atoms with Crippen molar-refractivity contribution >= 4 is 0 Å². The van der Waals surface area contributed by atoms with Crippen LogP contribution in [0.1, 0.15) is 44.1 Å². The molecule has 0 aliphatic rings. The Balaban J connectivity index is 2.62. The van der Waals surface area contributed by atoms with E-state index in [-0.39, 0.29) is 0 Å². The Kier molecular flexibility index (Phi) is 5.06. The lowest BCUT2D eigenvalue weighted by atomic mass is 9.91. The molecule has 0 bridgehead atoms. The summed E-state index contributed by atoms with van der Waals surface area (Å²) in [5.74, 6) is 0.612. The first kappa shape index (κ1) is 11.0. The second kappa shape index (κ2) is 6.42. The molecule has 75 valence electrons. The zero-order chi connectivity index (χ0) is 10.2. The van der Waals surface area contributed by atoms with Crippen LogP contribution in [-0.4, -0.2) is 0 Å². The normalized spacial score (nSPS) is 12.4. The van der Waals surface area contributed by atoms with Crippen molar-refractivity contribution in [1.29, 1.82) is 0 Å². The van der Waals surface area contributed by atoms with E-state index in [1.807, 2.05) is 0 Å². The molecule has 0 N–H and O–H groups in total. The Morgan fingerprint density at radius 1 is 1.29 bits per heavy atom. The van der Waals surface area contributed by atoms with Crippen LogP contribution in [0.4, 0.5) is 0 Å². The largest absolute Gasteiger partial charge is 0.0839 e. The third-order valence-corrected chi connectivity index (χ3v) is 2.60. The molecule has 0 saturated heterocycles. The van der Waals surface area contributed by atoms with E-state index >= 15 is 0 Å². The van der Waals surface area contributed by atoms with Gasteiger partial charge < -0.3 is 0 Å². The van der Waals surface area contributed by atoms with Gasteiger partial charge in [-0.1, -0.05) is 62.8 Å². The first-order chi connectivity index (χ1) is 6.88. The van der Waals surface area contributed by atoms with Gasteiger partial charge in [0.05, 0.1) is 0 Å². The minimum Gasteiger partial charge on any atom is -0.0839 e. The fourth-order valence-corrected chi connectivity index (χ4v) is 1.76. The van der Waals surface area contributed by atoms with Crippen LogP contribution < -0.4 is 0 Å². The molecular weight excluding hydrogens is 168 g/mol. The standard InChI is InChI=1S/C14H19/c1-3-5-10-13(9-4-2)14-11-7-6-8-12-14/h2,4,6-8,11-13H,3,5,9-10H2,1H3. The second-order valence-electron chi connectivity index (χ2n) is 3.72. The zero-order valence-corrected chi connectivity index (χ0v) is 8.95. The highest BCUT2D eigenvalue weighted by Gasteiger charge is 2.07. The summed E-state index contributed by atoms with van der Waals surface area (Å²) in [6.45, 7) is 7.74. The molecule has 0 heterocycles. The third kappa shape index (κ3) is 3.37. The van der Waals surface area contributed by atoms with Gasteiger partial charge in [-0.05, 0) is 24.3 Å². The Labute approximate surface area is 87.7 Å². The summed E-state index contributed by atoms with van der Waals surface area (Å²) < 4.78 is 0. The van der Waals surface area contributed by atoms with E-state index in [9.17, 15) is 0 Å². The molecule has 1 aromatic rings. The molecule has 1 radical (unpaired) electrons. The van der Waals surface area contributed by atoms with Crippen LogP contribution in [-0.2, 0) is 0 Å². The summed E-state index contributed by atoms with van der Waals surface area (Å²) in [6.07, 6.45) is 6.56. The van der Waals surface area contributed by atoms with E-state index < -0.39 is 0 Å². The van der Waals surface area contributed by atoms with E-state index in [4.69, 9.17) is 6.58 Å². The van der Waals surface area contributed by atoms with Crippen molar-refractivity contribution in [3.05, 3.63) is 48.6 Å². The molecule has 0 aliphatic carbocycles. The first-order valence-electron chi connectivity index (χ1n) is 5.46. The van der Waals surface area contributed by atoms with Gasteiger partial charge in [0.1, 0.15) is 0 Å². The molecule has 14 heavy (non-hydrogen) atoms. The summed E-state index contributed by atoms with van der Waals surface area (Å²) in [7, 11) is 0. The smallest absolute Gasteiger partial charge is 0.0127 e. The Bertz CT molecular complexity index is 248. The van der Waals surface area contributed by atoms with Gasteiger partial charge in [0.15, 0.2) is 0 Å². The van der Waals surface area contributed by atoms with Crippen LogP contribution in [0.3, 0.4) is 0 Å². The number of rotatable bonds is 6.